The highest BCUT2D eigenvalue weighted by Gasteiger charge is 2.22. The molecule has 2 aromatic rings. The molecule has 21 heavy (non-hydrogen) atoms. The van der Waals surface area contributed by atoms with E-state index in [1.807, 2.05) is 48.5 Å². The largest absolute Gasteiger partial charge is 0.464 e. The molecule has 3 nitrogen and oxygen atoms in total. The zero-order valence-corrected chi connectivity index (χ0v) is 14.4. The second-order valence-electron chi connectivity index (χ2n) is 4.36. The predicted molar refractivity (Wildman–Crippen MR) is 93.6 cm³/mol. The Kier molecular flexibility index (Phi) is 5.87. The normalized spacial score (nSPS) is 11.8. The van der Waals surface area contributed by atoms with Crippen LogP contribution in [0, 0.1) is 3.57 Å². The van der Waals surface area contributed by atoms with Crippen molar-refractivity contribution in [1.29, 1.82) is 0 Å². The maximum atomic E-state index is 12.2. The van der Waals surface area contributed by atoms with Crippen LogP contribution in [0.15, 0.2) is 48.5 Å². The number of nitrogens with one attached hydrogen (secondary N) is 1. The molecule has 0 aliphatic carbocycles. The minimum Gasteiger partial charge on any atom is -0.464 e. The molecule has 0 saturated carbocycles. The fraction of sp³-hybridized carbons (Fsp3) is 0.188. The first-order valence-electron chi connectivity index (χ1n) is 6.55. The molecule has 5 heteroatoms. The van der Waals surface area contributed by atoms with Crippen LogP contribution < -0.4 is 5.32 Å². The number of hydrogen-bond donors (Lipinski definition) is 1. The molecule has 0 amide bonds. The van der Waals surface area contributed by atoms with Gasteiger partial charge in [-0.15, -0.1) is 0 Å². The SMILES string of the molecule is CCOC(=O)C(Nc1ccc(I)cc1Cl)c1ccccc1. The van der Waals surface area contributed by atoms with Crippen LogP contribution in [0.25, 0.3) is 0 Å². The van der Waals surface area contributed by atoms with Gasteiger partial charge in [0.15, 0.2) is 6.04 Å². The molecule has 2 aromatic carbocycles. The molecule has 0 aliphatic heterocycles. The van der Waals surface area contributed by atoms with Crippen molar-refractivity contribution < 1.29 is 9.53 Å². The summed E-state index contributed by atoms with van der Waals surface area (Å²) in [5.74, 6) is -0.321. The topological polar surface area (TPSA) is 38.3 Å². The number of esters is 1. The fourth-order valence-electron chi connectivity index (χ4n) is 1.91. The molecular formula is C16H15ClINO2. The van der Waals surface area contributed by atoms with Crippen molar-refractivity contribution in [2.45, 2.75) is 13.0 Å². The van der Waals surface area contributed by atoms with Gasteiger partial charge in [-0.05, 0) is 53.3 Å². The van der Waals surface area contributed by atoms with Crippen molar-refractivity contribution in [3.05, 3.63) is 62.7 Å². The lowest BCUT2D eigenvalue weighted by atomic mass is 10.1. The van der Waals surface area contributed by atoms with E-state index in [9.17, 15) is 4.79 Å². The summed E-state index contributed by atoms with van der Waals surface area (Å²) in [4.78, 5) is 12.2. The van der Waals surface area contributed by atoms with Crippen molar-refractivity contribution in [1.82, 2.24) is 0 Å². The average molecular weight is 416 g/mol. The molecule has 0 heterocycles. The molecule has 1 unspecified atom stereocenters. The van der Waals surface area contributed by atoms with Crippen LogP contribution in [0.3, 0.4) is 0 Å². The Hall–Kier alpha value is -1.27. The molecular weight excluding hydrogens is 401 g/mol. The minimum atomic E-state index is -0.580. The van der Waals surface area contributed by atoms with Gasteiger partial charge in [0.1, 0.15) is 0 Å². The quantitative estimate of drug-likeness (QED) is 0.570. The van der Waals surface area contributed by atoms with Crippen LogP contribution in [0.4, 0.5) is 5.69 Å². The summed E-state index contributed by atoms with van der Waals surface area (Å²) >= 11 is 8.41. The molecule has 110 valence electrons. The van der Waals surface area contributed by atoms with Crippen molar-refractivity contribution in [3.8, 4) is 0 Å². The molecule has 1 N–H and O–H groups in total. The highest BCUT2D eigenvalue weighted by atomic mass is 127. The van der Waals surface area contributed by atoms with E-state index in [0.29, 0.717) is 17.3 Å². The summed E-state index contributed by atoms with van der Waals surface area (Å²) < 4.78 is 6.19. The smallest absolute Gasteiger partial charge is 0.333 e. The third-order valence-corrected chi connectivity index (χ3v) is 3.87. The number of halogens is 2. The Labute approximate surface area is 142 Å². The molecule has 0 spiro atoms. The maximum absolute atomic E-state index is 12.2. The zero-order valence-electron chi connectivity index (χ0n) is 11.5. The van der Waals surface area contributed by atoms with Crippen LogP contribution in [-0.2, 0) is 9.53 Å². The third-order valence-electron chi connectivity index (χ3n) is 2.89. The molecule has 0 fully saturated rings. The maximum Gasteiger partial charge on any atom is 0.333 e. The van der Waals surface area contributed by atoms with Gasteiger partial charge < -0.3 is 10.1 Å². The Bertz CT molecular complexity index is 619. The first kappa shape index (κ1) is 16.1. The van der Waals surface area contributed by atoms with E-state index in [0.717, 1.165) is 9.13 Å². The highest BCUT2D eigenvalue weighted by molar-refractivity contribution is 14.1. The average Bonchev–Trinajstić information content (AvgIpc) is 2.47. The summed E-state index contributed by atoms with van der Waals surface area (Å²) in [6.07, 6.45) is 0. The summed E-state index contributed by atoms with van der Waals surface area (Å²) in [6, 6.07) is 14.5. The van der Waals surface area contributed by atoms with E-state index < -0.39 is 6.04 Å². The number of hydrogen-bond acceptors (Lipinski definition) is 3. The van der Waals surface area contributed by atoms with Gasteiger partial charge in [-0.3, -0.25) is 0 Å². The monoisotopic (exact) mass is 415 g/mol. The van der Waals surface area contributed by atoms with E-state index in [1.54, 1.807) is 6.92 Å². The number of anilines is 1. The summed E-state index contributed by atoms with van der Waals surface area (Å²) in [5, 5.41) is 3.74. The van der Waals surface area contributed by atoms with Gasteiger partial charge in [-0.25, -0.2) is 4.79 Å². The summed E-state index contributed by atoms with van der Waals surface area (Å²) in [7, 11) is 0. The molecule has 0 aliphatic rings. The van der Waals surface area contributed by atoms with Crippen molar-refractivity contribution in [2.24, 2.45) is 0 Å². The Morgan fingerprint density at radius 1 is 1.29 bits per heavy atom. The van der Waals surface area contributed by atoms with E-state index in [-0.39, 0.29) is 5.97 Å². The molecule has 0 aromatic heterocycles. The molecule has 0 saturated heterocycles. The van der Waals surface area contributed by atoms with E-state index in [4.69, 9.17) is 16.3 Å². The number of rotatable bonds is 5. The van der Waals surface area contributed by atoms with Crippen molar-refractivity contribution in [2.75, 3.05) is 11.9 Å². The van der Waals surface area contributed by atoms with Gasteiger partial charge in [-0.2, -0.15) is 0 Å². The third kappa shape index (κ3) is 4.35. The van der Waals surface area contributed by atoms with E-state index >= 15 is 0 Å². The second-order valence-corrected chi connectivity index (χ2v) is 6.02. The van der Waals surface area contributed by atoms with Crippen LogP contribution in [-0.4, -0.2) is 12.6 Å². The van der Waals surface area contributed by atoms with Crippen molar-refractivity contribution in [3.63, 3.8) is 0 Å². The Morgan fingerprint density at radius 3 is 2.62 bits per heavy atom. The first-order valence-corrected chi connectivity index (χ1v) is 8.00. The van der Waals surface area contributed by atoms with Crippen LogP contribution >= 0.6 is 34.2 Å². The zero-order chi connectivity index (χ0) is 15.2. The lowest BCUT2D eigenvalue weighted by molar-refractivity contribution is -0.144. The molecule has 0 radical (unpaired) electrons. The van der Waals surface area contributed by atoms with Gasteiger partial charge in [0, 0.05) is 3.57 Å². The molecule has 1 atom stereocenters. The first-order chi connectivity index (χ1) is 10.1. The summed E-state index contributed by atoms with van der Waals surface area (Å²) in [5.41, 5.74) is 1.55. The Morgan fingerprint density at radius 2 is 2.00 bits per heavy atom. The highest BCUT2D eigenvalue weighted by Crippen LogP contribution is 2.28. The lowest BCUT2D eigenvalue weighted by Gasteiger charge is -2.19. The van der Waals surface area contributed by atoms with Gasteiger partial charge in [0.25, 0.3) is 0 Å². The number of carbonyl (C=O) groups excluding carboxylic acids is 1. The van der Waals surface area contributed by atoms with Crippen LogP contribution in [0.2, 0.25) is 5.02 Å². The van der Waals surface area contributed by atoms with E-state index in [2.05, 4.69) is 27.9 Å². The second kappa shape index (κ2) is 7.66. The lowest BCUT2D eigenvalue weighted by Crippen LogP contribution is -2.23. The predicted octanol–water partition coefficient (Wildman–Crippen LogP) is 4.66. The minimum absolute atomic E-state index is 0.321. The number of benzene rings is 2. The van der Waals surface area contributed by atoms with Gasteiger partial charge >= 0.3 is 5.97 Å². The molecule has 2 rings (SSSR count). The van der Waals surface area contributed by atoms with Gasteiger partial charge in [0.05, 0.1) is 17.3 Å². The number of ether oxygens (including phenoxy) is 1. The summed E-state index contributed by atoms with van der Waals surface area (Å²) in [6.45, 7) is 2.13. The van der Waals surface area contributed by atoms with Gasteiger partial charge in [0.2, 0.25) is 0 Å². The van der Waals surface area contributed by atoms with Crippen LogP contribution in [0.1, 0.15) is 18.5 Å². The van der Waals surface area contributed by atoms with Crippen LogP contribution in [0.5, 0.6) is 0 Å². The fourth-order valence-corrected chi connectivity index (χ4v) is 2.82. The Balaban J connectivity index is 2.30. The van der Waals surface area contributed by atoms with Gasteiger partial charge in [-0.1, -0.05) is 41.9 Å². The van der Waals surface area contributed by atoms with Crippen molar-refractivity contribution >= 4 is 45.8 Å². The number of carbonyl (C=O) groups is 1. The van der Waals surface area contributed by atoms with E-state index in [1.165, 1.54) is 0 Å². The molecule has 0 bridgehead atoms. The standard InChI is InChI=1S/C16H15ClINO2/c1-2-21-16(20)15(11-6-4-3-5-7-11)19-14-9-8-12(18)10-13(14)17/h3-10,15,19H,2H2,1H3.